The van der Waals surface area contributed by atoms with E-state index in [0.717, 1.165) is 13.1 Å². The van der Waals surface area contributed by atoms with E-state index in [1.54, 1.807) is 11.0 Å². The SMILES string of the molecule is Cl.O=C(c1cc(Br)cc([N+](=O)[O-])c1)N1CCNCC1. The summed E-state index contributed by atoms with van der Waals surface area (Å²) in [4.78, 5) is 24.1. The number of hydrogen-bond donors (Lipinski definition) is 1. The van der Waals surface area contributed by atoms with E-state index in [1.807, 2.05) is 0 Å². The minimum atomic E-state index is -0.501. The zero-order valence-electron chi connectivity index (χ0n) is 9.97. The lowest BCUT2D eigenvalue weighted by Gasteiger charge is -2.27. The monoisotopic (exact) mass is 349 g/mol. The van der Waals surface area contributed by atoms with Crippen LogP contribution in [-0.4, -0.2) is 41.9 Å². The highest BCUT2D eigenvalue weighted by Crippen LogP contribution is 2.22. The van der Waals surface area contributed by atoms with Crippen molar-refractivity contribution in [2.24, 2.45) is 0 Å². The van der Waals surface area contributed by atoms with Crippen LogP contribution >= 0.6 is 28.3 Å². The van der Waals surface area contributed by atoms with Gasteiger partial charge in [0.25, 0.3) is 11.6 Å². The number of rotatable bonds is 2. The highest BCUT2D eigenvalue weighted by atomic mass is 79.9. The maximum Gasteiger partial charge on any atom is 0.271 e. The molecule has 1 heterocycles. The molecule has 1 amide bonds. The van der Waals surface area contributed by atoms with Gasteiger partial charge in [-0.1, -0.05) is 15.9 Å². The maximum absolute atomic E-state index is 12.2. The molecule has 1 aliphatic rings. The van der Waals surface area contributed by atoms with Crippen molar-refractivity contribution in [3.05, 3.63) is 38.3 Å². The smallest absolute Gasteiger partial charge is 0.271 e. The first-order chi connectivity index (χ1) is 8.58. The Kier molecular flexibility index (Phi) is 5.71. The molecule has 0 aromatic heterocycles. The summed E-state index contributed by atoms with van der Waals surface area (Å²) >= 11 is 3.19. The lowest BCUT2D eigenvalue weighted by Crippen LogP contribution is -2.46. The number of benzene rings is 1. The van der Waals surface area contributed by atoms with E-state index >= 15 is 0 Å². The van der Waals surface area contributed by atoms with Crippen molar-refractivity contribution in [1.29, 1.82) is 0 Å². The number of nitrogens with zero attached hydrogens (tertiary/aromatic N) is 2. The zero-order chi connectivity index (χ0) is 13.1. The first kappa shape index (κ1) is 15.9. The third-order valence-corrected chi connectivity index (χ3v) is 3.20. The molecule has 19 heavy (non-hydrogen) atoms. The van der Waals surface area contributed by atoms with Gasteiger partial charge in [-0.15, -0.1) is 12.4 Å². The Morgan fingerprint density at radius 3 is 2.53 bits per heavy atom. The van der Waals surface area contributed by atoms with Crippen LogP contribution in [0.25, 0.3) is 0 Å². The van der Waals surface area contributed by atoms with Crippen molar-refractivity contribution in [3.8, 4) is 0 Å². The molecule has 1 fully saturated rings. The quantitative estimate of drug-likeness (QED) is 0.652. The molecule has 0 aliphatic carbocycles. The molecule has 1 aromatic carbocycles. The third kappa shape index (κ3) is 3.89. The van der Waals surface area contributed by atoms with Crippen LogP contribution in [0.15, 0.2) is 22.7 Å². The Hall–Kier alpha value is -1.18. The molecule has 0 unspecified atom stereocenters. The van der Waals surface area contributed by atoms with Gasteiger partial charge in [0.15, 0.2) is 0 Å². The Morgan fingerprint density at radius 2 is 1.95 bits per heavy atom. The Labute approximate surface area is 124 Å². The van der Waals surface area contributed by atoms with E-state index in [9.17, 15) is 14.9 Å². The second-order valence-electron chi connectivity index (χ2n) is 4.00. The fraction of sp³-hybridized carbons (Fsp3) is 0.364. The van der Waals surface area contributed by atoms with E-state index in [-0.39, 0.29) is 24.0 Å². The molecule has 0 atom stereocenters. The van der Waals surface area contributed by atoms with E-state index in [1.165, 1.54) is 12.1 Å². The van der Waals surface area contributed by atoms with Gasteiger partial charge in [0.2, 0.25) is 0 Å². The fourth-order valence-electron chi connectivity index (χ4n) is 1.85. The van der Waals surface area contributed by atoms with Crippen LogP contribution in [0, 0.1) is 10.1 Å². The van der Waals surface area contributed by atoms with Crippen LogP contribution in [-0.2, 0) is 0 Å². The normalized spacial score (nSPS) is 14.7. The lowest BCUT2D eigenvalue weighted by molar-refractivity contribution is -0.385. The van der Waals surface area contributed by atoms with Crippen LogP contribution in [0.2, 0.25) is 0 Å². The number of nitrogens with one attached hydrogen (secondary N) is 1. The number of carbonyl (C=O) groups excluding carboxylic acids is 1. The molecule has 0 bridgehead atoms. The Bertz CT molecular complexity index is 492. The Morgan fingerprint density at radius 1 is 1.32 bits per heavy atom. The molecular formula is C11H13BrClN3O3. The molecular weight excluding hydrogens is 337 g/mol. The van der Waals surface area contributed by atoms with Crippen LogP contribution in [0.3, 0.4) is 0 Å². The summed E-state index contributed by atoms with van der Waals surface area (Å²) in [5.74, 6) is -0.166. The van der Waals surface area contributed by atoms with Gasteiger partial charge in [-0.2, -0.15) is 0 Å². The molecule has 0 spiro atoms. The van der Waals surface area contributed by atoms with Gasteiger partial charge in [0, 0.05) is 48.3 Å². The standard InChI is InChI=1S/C11H12BrN3O3.ClH/c12-9-5-8(6-10(7-9)15(17)18)11(16)14-3-1-13-2-4-14;/h5-7,13H,1-4H2;1H. The maximum atomic E-state index is 12.2. The average molecular weight is 351 g/mol. The van der Waals surface area contributed by atoms with Gasteiger partial charge >= 0.3 is 0 Å². The molecule has 104 valence electrons. The van der Waals surface area contributed by atoms with Crippen molar-refractivity contribution < 1.29 is 9.72 Å². The first-order valence-electron chi connectivity index (χ1n) is 5.53. The summed E-state index contributed by atoms with van der Waals surface area (Å²) in [5.41, 5.74) is 0.265. The highest BCUT2D eigenvalue weighted by molar-refractivity contribution is 9.10. The number of nitro groups is 1. The molecule has 1 aromatic rings. The molecule has 8 heteroatoms. The highest BCUT2D eigenvalue weighted by Gasteiger charge is 2.20. The summed E-state index contributed by atoms with van der Waals surface area (Å²) in [5, 5.41) is 13.9. The van der Waals surface area contributed by atoms with E-state index in [4.69, 9.17) is 0 Å². The minimum absolute atomic E-state index is 0. The number of carbonyl (C=O) groups is 1. The van der Waals surface area contributed by atoms with Gasteiger partial charge in [-0.3, -0.25) is 14.9 Å². The molecule has 0 radical (unpaired) electrons. The summed E-state index contributed by atoms with van der Waals surface area (Å²) in [6, 6.07) is 4.31. The topological polar surface area (TPSA) is 75.5 Å². The summed E-state index contributed by atoms with van der Waals surface area (Å²) in [6.45, 7) is 2.75. The molecule has 6 nitrogen and oxygen atoms in total. The second-order valence-corrected chi connectivity index (χ2v) is 4.91. The van der Waals surface area contributed by atoms with Crippen molar-refractivity contribution in [3.63, 3.8) is 0 Å². The van der Waals surface area contributed by atoms with Gasteiger partial charge in [-0.25, -0.2) is 0 Å². The summed E-state index contributed by atoms with van der Waals surface area (Å²) in [6.07, 6.45) is 0. The molecule has 0 saturated carbocycles. The van der Waals surface area contributed by atoms with Gasteiger partial charge < -0.3 is 10.2 Å². The Balaban J connectivity index is 0.00000180. The second kappa shape index (κ2) is 6.83. The third-order valence-electron chi connectivity index (χ3n) is 2.74. The fourth-order valence-corrected chi connectivity index (χ4v) is 2.33. The van der Waals surface area contributed by atoms with Crippen molar-refractivity contribution >= 4 is 39.9 Å². The van der Waals surface area contributed by atoms with Crippen molar-refractivity contribution in [2.75, 3.05) is 26.2 Å². The number of amides is 1. The number of halogens is 2. The van der Waals surface area contributed by atoms with Crippen molar-refractivity contribution in [2.45, 2.75) is 0 Å². The van der Waals surface area contributed by atoms with E-state index in [0.29, 0.717) is 23.1 Å². The average Bonchev–Trinajstić information content (AvgIpc) is 2.38. The van der Waals surface area contributed by atoms with Gasteiger partial charge in [-0.05, 0) is 6.07 Å². The zero-order valence-corrected chi connectivity index (χ0v) is 12.4. The lowest BCUT2D eigenvalue weighted by atomic mass is 10.1. The largest absolute Gasteiger partial charge is 0.336 e. The van der Waals surface area contributed by atoms with Crippen LogP contribution < -0.4 is 5.32 Å². The first-order valence-corrected chi connectivity index (χ1v) is 6.32. The van der Waals surface area contributed by atoms with Crippen LogP contribution in [0.1, 0.15) is 10.4 Å². The predicted molar refractivity (Wildman–Crippen MR) is 76.8 cm³/mol. The van der Waals surface area contributed by atoms with Crippen molar-refractivity contribution in [1.82, 2.24) is 10.2 Å². The van der Waals surface area contributed by atoms with E-state index < -0.39 is 4.92 Å². The van der Waals surface area contributed by atoms with Gasteiger partial charge in [0.05, 0.1) is 4.92 Å². The summed E-state index contributed by atoms with van der Waals surface area (Å²) in [7, 11) is 0. The summed E-state index contributed by atoms with van der Waals surface area (Å²) < 4.78 is 0.537. The predicted octanol–water partition coefficient (Wildman–Crippen LogP) is 1.82. The molecule has 1 saturated heterocycles. The molecule has 1 N–H and O–H groups in total. The molecule has 2 rings (SSSR count). The number of piperazine rings is 1. The number of non-ortho nitro benzene ring substituents is 1. The number of nitro benzene ring substituents is 1. The van der Waals surface area contributed by atoms with Crippen LogP contribution in [0.5, 0.6) is 0 Å². The minimum Gasteiger partial charge on any atom is -0.336 e. The van der Waals surface area contributed by atoms with E-state index in [2.05, 4.69) is 21.2 Å². The number of hydrogen-bond acceptors (Lipinski definition) is 4. The molecule has 1 aliphatic heterocycles. The van der Waals surface area contributed by atoms with Crippen LogP contribution in [0.4, 0.5) is 5.69 Å². The van der Waals surface area contributed by atoms with Gasteiger partial charge in [0.1, 0.15) is 0 Å².